The highest BCUT2D eigenvalue weighted by Gasteiger charge is 2.52. The van der Waals surface area contributed by atoms with Crippen LogP contribution in [0, 0.1) is 17.8 Å². The van der Waals surface area contributed by atoms with Crippen LogP contribution in [0.1, 0.15) is 38.5 Å². The van der Waals surface area contributed by atoms with Crippen LogP contribution < -0.4 is 5.09 Å². The van der Waals surface area contributed by atoms with Crippen LogP contribution in [0.5, 0.6) is 0 Å². The Morgan fingerprint density at radius 2 is 1.56 bits per heavy atom. The Labute approximate surface area is 107 Å². The maximum atomic E-state index is 12.0. The van der Waals surface area contributed by atoms with E-state index in [9.17, 15) is 4.57 Å². The van der Waals surface area contributed by atoms with Gasteiger partial charge in [0.2, 0.25) is 6.65 Å². The van der Waals surface area contributed by atoms with Crippen molar-refractivity contribution in [2.45, 2.75) is 44.1 Å². The second-order valence-corrected chi connectivity index (χ2v) is 10.2. The van der Waals surface area contributed by atoms with Gasteiger partial charge in [-0.2, -0.15) is 0 Å². The van der Waals surface area contributed by atoms with Crippen LogP contribution in [0.3, 0.4) is 0 Å². The number of hydrogen-bond donors (Lipinski definition) is 1. The molecule has 0 radical (unpaired) electrons. The summed E-state index contributed by atoms with van der Waals surface area (Å²) < 4.78 is 12.0. The van der Waals surface area contributed by atoms with Gasteiger partial charge >= 0.3 is 0 Å². The fraction of sp³-hybridized carbons (Fsp3) is 1.00. The minimum absolute atomic E-state index is 0.0380. The van der Waals surface area contributed by atoms with E-state index in [0.717, 1.165) is 37.0 Å². The first-order valence-electron chi connectivity index (χ1n) is 6.14. The van der Waals surface area contributed by atoms with E-state index in [-0.39, 0.29) is 11.2 Å². The van der Waals surface area contributed by atoms with Crippen molar-refractivity contribution in [1.29, 1.82) is 0 Å². The van der Waals surface area contributed by atoms with Gasteiger partial charge in [-0.25, -0.2) is 5.09 Å². The Bertz CT molecular complexity index is 312. The van der Waals surface area contributed by atoms with Gasteiger partial charge in [-0.3, -0.25) is 4.57 Å². The lowest BCUT2D eigenvalue weighted by atomic mass is 9.53. The molecule has 0 unspecified atom stereocenters. The third kappa shape index (κ3) is 2.07. The molecule has 1 N–H and O–H groups in total. The summed E-state index contributed by atoms with van der Waals surface area (Å²) in [5.74, 6) is 2.52. The highest BCUT2D eigenvalue weighted by Crippen LogP contribution is 2.60. The summed E-state index contributed by atoms with van der Waals surface area (Å²) in [4.78, 5) is 0. The van der Waals surface area contributed by atoms with E-state index in [2.05, 4.69) is 5.09 Å². The molecule has 0 aromatic heterocycles. The fourth-order valence-corrected chi connectivity index (χ4v) is 6.39. The van der Waals surface area contributed by atoms with Crippen LogP contribution in [0.15, 0.2) is 0 Å². The highest BCUT2D eigenvalue weighted by molar-refractivity contribution is 7.88. The van der Waals surface area contributed by atoms with Crippen molar-refractivity contribution in [3.63, 3.8) is 0 Å². The van der Waals surface area contributed by atoms with E-state index in [0.29, 0.717) is 0 Å². The van der Waals surface area contributed by atoms with Crippen molar-refractivity contribution in [2.24, 2.45) is 17.8 Å². The summed E-state index contributed by atoms with van der Waals surface area (Å²) in [6.45, 7) is -2.83. The first-order valence-corrected chi connectivity index (χ1v) is 9.48. The molecule has 4 aliphatic rings. The minimum atomic E-state index is -2.83. The Morgan fingerprint density at radius 1 is 1.12 bits per heavy atom. The summed E-state index contributed by atoms with van der Waals surface area (Å²) in [6, 6.07) is 0. The molecule has 0 saturated heterocycles. The van der Waals surface area contributed by atoms with Gasteiger partial charge in [0.25, 0.3) is 0 Å². The molecule has 0 aliphatic heterocycles. The van der Waals surface area contributed by atoms with Crippen LogP contribution >= 0.6 is 29.5 Å². The van der Waals surface area contributed by atoms with E-state index in [1.807, 2.05) is 0 Å². The molecular weight excluding hydrogens is 264 g/mol. The molecule has 0 aromatic rings. The number of hydrogen-bond acceptors (Lipinski definition) is 1. The van der Waals surface area contributed by atoms with Crippen molar-refractivity contribution < 1.29 is 4.57 Å². The van der Waals surface area contributed by atoms with E-state index in [4.69, 9.17) is 22.8 Å². The second kappa shape index (κ2) is 3.88. The van der Waals surface area contributed by atoms with Crippen molar-refractivity contribution >= 4 is 29.5 Å². The van der Waals surface area contributed by atoms with E-state index in [1.54, 1.807) is 0 Å². The van der Waals surface area contributed by atoms with Crippen molar-refractivity contribution in [1.82, 2.24) is 5.09 Å². The summed E-state index contributed by atoms with van der Waals surface area (Å²) >= 11 is 11.6. The Kier molecular flexibility index (Phi) is 2.87. The van der Waals surface area contributed by atoms with E-state index < -0.39 is 6.65 Å². The predicted octanol–water partition coefficient (Wildman–Crippen LogP) is 4.17. The largest absolute Gasteiger partial charge is 0.288 e. The molecule has 0 spiro atoms. The smallest absolute Gasteiger partial charge is 0.247 e. The highest BCUT2D eigenvalue weighted by atomic mass is 35.7. The molecule has 16 heavy (non-hydrogen) atoms. The molecule has 0 heterocycles. The van der Waals surface area contributed by atoms with Crippen LogP contribution in [-0.2, 0) is 4.57 Å². The fourth-order valence-electron chi connectivity index (χ4n) is 4.63. The van der Waals surface area contributed by atoms with Crippen LogP contribution in [0.4, 0.5) is 0 Å². The summed E-state index contributed by atoms with van der Waals surface area (Å²) in [5, 5.41) is 3.24. The van der Waals surface area contributed by atoms with E-state index >= 15 is 0 Å². The van der Waals surface area contributed by atoms with Crippen molar-refractivity contribution in [3.05, 3.63) is 0 Å². The van der Waals surface area contributed by atoms with Gasteiger partial charge in [0.05, 0.1) is 0 Å². The number of rotatable bonds is 3. The Balaban J connectivity index is 1.81. The molecule has 4 rings (SSSR count). The lowest BCUT2D eigenvalue weighted by Crippen LogP contribution is -2.57. The molecule has 1 atom stereocenters. The van der Waals surface area contributed by atoms with Gasteiger partial charge in [0.1, 0.15) is 5.62 Å². The number of alkyl halides is 1. The molecule has 2 nitrogen and oxygen atoms in total. The third-order valence-electron chi connectivity index (χ3n) is 4.60. The molecule has 0 aromatic carbocycles. The molecule has 4 saturated carbocycles. The summed E-state index contributed by atoms with van der Waals surface area (Å²) in [6.07, 6.45) is 7.63. The van der Waals surface area contributed by atoms with Crippen LogP contribution in [0.25, 0.3) is 0 Å². The molecule has 4 fully saturated rings. The molecule has 4 aliphatic carbocycles. The molecule has 92 valence electrons. The lowest BCUT2D eigenvalue weighted by molar-refractivity contribution is -0.00812. The summed E-state index contributed by atoms with van der Waals surface area (Å²) in [5.41, 5.74) is 0.0945. The first kappa shape index (κ1) is 11.8. The minimum Gasteiger partial charge on any atom is -0.288 e. The molecule has 4 bridgehead atoms. The Morgan fingerprint density at radius 3 is 1.94 bits per heavy atom. The zero-order chi connectivity index (χ0) is 11.4. The Hall–Kier alpha value is 0.770. The van der Waals surface area contributed by atoms with Gasteiger partial charge in [0.15, 0.2) is 0 Å². The standard InChI is InChI=1S/C11H18Cl2NOP/c12-7-16(13,15)14-11-4-8-1-9(5-11)3-10(2-8)6-11/h8-10H,1-7H2,(H,14,15)/t8?,9?,10?,11?,16-/m0/s1. The van der Waals surface area contributed by atoms with Crippen molar-refractivity contribution in [3.8, 4) is 0 Å². The normalized spacial score (nSPS) is 49.2. The first-order chi connectivity index (χ1) is 7.50. The zero-order valence-corrected chi connectivity index (χ0v) is 11.7. The van der Waals surface area contributed by atoms with Gasteiger partial charge in [0, 0.05) is 5.54 Å². The maximum absolute atomic E-state index is 12.0. The van der Waals surface area contributed by atoms with Gasteiger partial charge in [-0.05, 0) is 67.5 Å². The van der Waals surface area contributed by atoms with Gasteiger partial charge in [-0.15, -0.1) is 11.6 Å². The number of nitrogens with one attached hydrogen (secondary N) is 1. The quantitative estimate of drug-likeness (QED) is 0.621. The zero-order valence-electron chi connectivity index (χ0n) is 9.29. The van der Waals surface area contributed by atoms with Gasteiger partial charge in [-0.1, -0.05) is 0 Å². The van der Waals surface area contributed by atoms with Gasteiger partial charge < -0.3 is 0 Å². The topological polar surface area (TPSA) is 29.1 Å². The maximum Gasteiger partial charge on any atom is 0.247 e. The lowest BCUT2D eigenvalue weighted by Gasteiger charge is -2.57. The second-order valence-electron chi connectivity index (χ2n) is 6.08. The van der Waals surface area contributed by atoms with Crippen LogP contribution in [-0.4, -0.2) is 11.2 Å². The third-order valence-corrected chi connectivity index (χ3v) is 7.70. The van der Waals surface area contributed by atoms with E-state index in [1.165, 1.54) is 19.3 Å². The molecule has 5 heteroatoms. The molecule has 0 amide bonds. The van der Waals surface area contributed by atoms with Crippen LogP contribution in [0.2, 0.25) is 0 Å². The molecular formula is C11H18Cl2NOP. The average Bonchev–Trinajstić information content (AvgIpc) is 2.13. The van der Waals surface area contributed by atoms with Crippen molar-refractivity contribution in [2.75, 3.05) is 5.62 Å². The monoisotopic (exact) mass is 281 g/mol. The SMILES string of the molecule is O=[P@](Cl)(CCl)NC12CC3CC(CC(C3)C1)C2. The number of halogens is 2. The summed E-state index contributed by atoms with van der Waals surface area (Å²) in [7, 11) is 0. The average molecular weight is 282 g/mol. The predicted molar refractivity (Wildman–Crippen MR) is 68.2 cm³/mol.